The second-order valence-corrected chi connectivity index (χ2v) is 5.89. The molecule has 0 bridgehead atoms. The Kier molecular flexibility index (Phi) is 5.79. The van der Waals surface area contributed by atoms with E-state index in [1.807, 2.05) is 0 Å². The van der Waals surface area contributed by atoms with Crippen molar-refractivity contribution in [1.29, 1.82) is 0 Å². The number of likely N-dealkylation sites (tertiary alicyclic amines) is 1. The van der Waals surface area contributed by atoms with Crippen LogP contribution in [-0.2, 0) is 0 Å². The highest BCUT2D eigenvalue weighted by atomic mass is 15.2. The standard InChI is InChI=1S/C15H30N2/c1-2-16-14-9-8-12-17(13-14)15-10-6-4-3-5-7-11-15/h14-16H,2-13H2,1H3. The second kappa shape index (κ2) is 7.38. The fourth-order valence-electron chi connectivity index (χ4n) is 3.59. The quantitative estimate of drug-likeness (QED) is 0.812. The largest absolute Gasteiger partial charge is 0.313 e. The third kappa shape index (κ3) is 4.26. The molecule has 0 aromatic heterocycles. The second-order valence-electron chi connectivity index (χ2n) is 5.89. The van der Waals surface area contributed by atoms with Gasteiger partial charge in [0.05, 0.1) is 0 Å². The zero-order valence-corrected chi connectivity index (χ0v) is 11.6. The maximum Gasteiger partial charge on any atom is 0.0195 e. The molecule has 17 heavy (non-hydrogen) atoms. The number of piperidine rings is 1. The van der Waals surface area contributed by atoms with Gasteiger partial charge in [0.15, 0.2) is 0 Å². The van der Waals surface area contributed by atoms with E-state index in [-0.39, 0.29) is 0 Å². The maximum atomic E-state index is 3.64. The Morgan fingerprint density at radius 1 is 0.941 bits per heavy atom. The average molecular weight is 238 g/mol. The Hall–Kier alpha value is -0.0800. The lowest BCUT2D eigenvalue weighted by molar-refractivity contribution is 0.117. The van der Waals surface area contributed by atoms with Crippen molar-refractivity contribution in [3.05, 3.63) is 0 Å². The summed E-state index contributed by atoms with van der Waals surface area (Å²) in [4.78, 5) is 2.79. The Bertz CT molecular complexity index is 195. The van der Waals surface area contributed by atoms with Crippen molar-refractivity contribution in [1.82, 2.24) is 10.2 Å². The molecule has 2 aliphatic rings. The number of nitrogens with one attached hydrogen (secondary N) is 1. The SMILES string of the molecule is CCNC1CCCN(C2CCCCCCC2)C1. The van der Waals surface area contributed by atoms with Crippen LogP contribution in [0.1, 0.15) is 64.7 Å². The summed E-state index contributed by atoms with van der Waals surface area (Å²) in [6, 6.07) is 1.66. The molecule has 0 spiro atoms. The van der Waals surface area contributed by atoms with E-state index in [9.17, 15) is 0 Å². The van der Waals surface area contributed by atoms with Crippen molar-refractivity contribution < 1.29 is 0 Å². The summed E-state index contributed by atoms with van der Waals surface area (Å²) in [7, 11) is 0. The van der Waals surface area contributed by atoms with E-state index in [1.54, 1.807) is 0 Å². The summed E-state index contributed by atoms with van der Waals surface area (Å²) in [6.45, 7) is 6.02. The van der Waals surface area contributed by atoms with E-state index >= 15 is 0 Å². The van der Waals surface area contributed by atoms with Crippen LogP contribution in [0.25, 0.3) is 0 Å². The van der Waals surface area contributed by atoms with Crippen LogP contribution in [0.2, 0.25) is 0 Å². The van der Waals surface area contributed by atoms with E-state index in [2.05, 4.69) is 17.1 Å². The molecule has 0 amide bonds. The van der Waals surface area contributed by atoms with Crippen molar-refractivity contribution >= 4 is 0 Å². The molecule has 1 atom stereocenters. The Balaban J connectivity index is 1.81. The first kappa shape index (κ1) is 13.4. The minimum Gasteiger partial charge on any atom is -0.313 e. The van der Waals surface area contributed by atoms with E-state index in [0.29, 0.717) is 0 Å². The molecular weight excluding hydrogens is 208 g/mol. The van der Waals surface area contributed by atoms with Crippen LogP contribution >= 0.6 is 0 Å². The van der Waals surface area contributed by atoms with Gasteiger partial charge in [-0.1, -0.05) is 39.0 Å². The van der Waals surface area contributed by atoms with Crippen molar-refractivity contribution in [3.8, 4) is 0 Å². The molecule has 1 aliphatic heterocycles. The van der Waals surface area contributed by atoms with Gasteiger partial charge in [-0.3, -0.25) is 4.90 Å². The lowest BCUT2D eigenvalue weighted by Crippen LogP contribution is -2.49. The van der Waals surface area contributed by atoms with Gasteiger partial charge in [0.2, 0.25) is 0 Å². The molecule has 0 aromatic carbocycles. The number of hydrogen-bond acceptors (Lipinski definition) is 2. The molecule has 1 heterocycles. The summed E-state index contributed by atoms with van der Waals surface area (Å²) in [6.07, 6.45) is 13.1. The molecule has 2 nitrogen and oxygen atoms in total. The van der Waals surface area contributed by atoms with Gasteiger partial charge in [-0.05, 0) is 38.8 Å². The van der Waals surface area contributed by atoms with E-state index < -0.39 is 0 Å². The fraction of sp³-hybridized carbons (Fsp3) is 1.00. The van der Waals surface area contributed by atoms with Crippen LogP contribution in [0.3, 0.4) is 0 Å². The predicted octanol–water partition coefficient (Wildman–Crippen LogP) is 3.17. The topological polar surface area (TPSA) is 15.3 Å². The van der Waals surface area contributed by atoms with Crippen LogP contribution in [0.5, 0.6) is 0 Å². The molecule has 1 aliphatic carbocycles. The molecule has 0 aromatic rings. The van der Waals surface area contributed by atoms with Crippen molar-refractivity contribution in [3.63, 3.8) is 0 Å². The Labute approximate surface area is 107 Å². The zero-order chi connectivity index (χ0) is 11.9. The molecule has 2 fully saturated rings. The Morgan fingerprint density at radius 2 is 1.65 bits per heavy atom. The van der Waals surface area contributed by atoms with Crippen LogP contribution in [0.15, 0.2) is 0 Å². The summed E-state index contributed by atoms with van der Waals surface area (Å²) < 4.78 is 0. The number of hydrogen-bond donors (Lipinski definition) is 1. The average Bonchev–Trinajstić information content (AvgIpc) is 2.29. The van der Waals surface area contributed by atoms with Crippen LogP contribution in [-0.4, -0.2) is 36.6 Å². The third-order valence-electron chi connectivity index (χ3n) is 4.54. The zero-order valence-electron chi connectivity index (χ0n) is 11.6. The van der Waals surface area contributed by atoms with Gasteiger partial charge in [-0.15, -0.1) is 0 Å². The molecule has 100 valence electrons. The van der Waals surface area contributed by atoms with Gasteiger partial charge in [0, 0.05) is 18.6 Å². The van der Waals surface area contributed by atoms with E-state index in [0.717, 1.165) is 18.6 Å². The van der Waals surface area contributed by atoms with Crippen molar-refractivity contribution in [2.24, 2.45) is 0 Å². The fourth-order valence-corrected chi connectivity index (χ4v) is 3.59. The van der Waals surface area contributed by atoms with Crippen LogP contribution in [0, 0.1) is 0 Å². The predicted molar refractivity (Wildman–Crippen MR) is 74.4 cm³/mol. The van der Waals surface area contributed by atoms with Gasteiger partial charge in [-0.25, -0.2) is 0 Å². The molecule has 0 radical (unpaired) electrons. The first-order valence-electron chi connectivity index (χ1n) is 7.87. The molecule has 1 saturated heterocycles. The minimum absolute atomic E-state index is 0.763. The van der Waals surface area contributed by atoms with E-state index in [4.69, 9.17) is 0 Å². The van der Waals surface area contributed by atoms with E-state index in [1.165, 1.54) is 70.9 Å². The smallest absolute Gasteiger partial charge is 0.0195 e. The number of nitrogens with zero attached hydrogens (tertiary/aromatic N) is 1. The number of rotatable bonds is 3. The van der Waals surface area contributed by atoms with Gasteiger partial charge in [-0.2, -0.15) is 0 Å². The normalized spacial score (nSPS) is 29.8. The summed E-state index contributed by atoms with van der Waals surface area (Å²) in [5, 5.41) is 3.64. The maximum absolute atomic E-state index is 3.64. The highest BCUT2D eigenvalue weighted by Crippen LogP contribution is 2.24. The molecule has 2 rings (SSSR count). The monoisotopic (exact) mass is 238 g/mol. The first-order chi connectivity index (χ1) is 8.40. The van der Waals surface area contributed by atoms with Crippen LogP contribution < -0.4 is 5.32 Å². The number of likely N-dealkylation sites (N-methyl/N-ethyl adjacent to an activating group) is 1. The highest BCUT2D eigenvalue weighted by Gasteiger charge is 2.25. The van der Waals surface area contributed by atoms with Crippen molar-refractivity contribution in [2.45, 2.75) is 76.8 Å². The summed E-state index contributed by atoms with van der Waals surface area (Å²) >= 11 is 0. The Morgan fingerprint density at radius 3 is 2.35 bits per heavy atom. The molecule has 2 heteroatoms. The molecule has 1 unspecified atom stereocenters. The first-order valence-corrected chi connectivity index (χ1v) is 7.87. The summed E-state index contributed by atoms with van der Waals surface area (Å²) in [5.74, 6) is 0. The van der Waals surface area contributed by atoms with Crippen molar-refractivity contribution in [2.75, 3.05) is 19.6 Å². The van der Waals surface area contributed by atoms with Gasteiger partial charge in [0.1, 0.15) is 0 Å². The van der Waals surface area contributed by atoms with Crippen LogP contribution in [0.4, 0.5) is 0 Å². The lowest BCUT2D eigenvalue weighted by atomic mass is 9.93. The minimum atomic E-state index is 0.763. The molecule has 1 saturated carbocycles. The molecular formula is C15H30N2. The molecule has 1 N–H and O–H groups in total. The van der Waals surface area contributed by atoms with Gasteiger partial charge >= 0.3 is 0 Å². The highest BCUT2D eigenvalue weighted by molar-refractivity contribution is 4.83. The lowest BCUT2D eigenvalue weighted by Gasteiger charge is -2.39. The summed E-state index contributed by atoms with van der Waals surface area (Å²) in [5.41, 5.74) is 0. The third-order valence-corrected chi connectivity index (χ3v) is 4.54. The van der Waals surface area contributed by atoms with Gasteiger partial charge < -0.3 is 5.32 Å². The van der Waals surface area contributed by atoms with Gasteiger partial charge in [0.25, 0.3) is 0 Å².